The number of aliphatic carboxylic acids is 1. The van der Waals surface area contributed by atoms with Crippen molar-refractivity contribution in [2.24, 2.45) is 16.6 Å². The highest BCUT2D eigenvalue weighted by molar-refractivity contribution is 8.03. The first-order chi connectivity index (χ1) is 9.49. The van der Waals surface area contributed by atoms with Gasteiger partial charge in [0.05, 0.1) is 30.9 Å². The molecule has 0 aromatic carbocycles. The first kappa shape index (κ1) is 17.5. The molecule has 3 atom stereocenters. The normalized spacial score (nSPS) is 25.6. The summed E-state index contributed by atoms with van der Waals surface area (Å²) in [6.45, 7) is 2.05. The highest BCUT2D eigenvalue weighted by Gasteiger charge is 2.56. The number of amides is 1. The quantitative estimate of drug-likeness (QED) is 0.242. The van der Waals surface area contributed by atoms with Crippen LogP contribution in [-0.4, -0.2) is 63.2 Å². The first-order valence-corrected chi connectivity index (χ1v) is 7.28. The lowest BCUT2D eigenvalue weighted by Gasteiger charge is -2.44. The molecule has 0 bridgehead atoms. The summed E-state index contributed by atoms with van der Waals surface area (Å²) in [6.07, 6.45) is 0.937. The first-order valence-electron chi connectivity index (χ1n) is 6.29. The van der Waals surface area contributed by atoms with Gasteiger partial charge in [-0.05, 0) is 6.92 Å². The number of hydrogen-bond acceptors (Lipinski definition) is 5. The summed E-state index contributed by atoms with van der Waals surface area (Å²) in [7, 11) is 0. The molecule has 1 fully saturated rings. The van der Waals surface area contributed by atoms with E-state index in [0.717, 1.165) is 0 Å². The molecule has 0 saturated carbocycles. The third-order valence-corrected chi connectivity index (χ3v) is 4.59. The minimum absolute atomic E-state index is 0. The molecule has 6 N–H and O–H groups in total. The van der Waals surface area contributed by atoms with Gasteiger partial charge < -0.3 is 26.3 Å². The van der Waals surface area contributed by atoms with E-state index in [1.165, 1.54) is 23.0 Å². The van der Waals surface area contributed by atoms with Crippen molar-refractivity contribution in [3.05, 3.63) is 10.6 Å². The summed E-state index contributed by atoms with van der Waals surface area (Å²) >= 11 is 1.38. The number of nitrogens with zero attached hydrogens (tertiary/aromatic N) is 2. The number of carbonyl (C=O) groups excluding carboxylic acids is 1. The Morgan fingerprint density at radius 1 is 1.67 bits per heavy atom. The summed E-state index contributed by atoms with van der Waals surface area (Å²) < 4.78 is 0. The van der Waals surface area contributed by atoms with Gasteiger partial charge in [-0.2, -0.15) is 0 Å². The van der Waals surface area contributed by atoms with E-state index < -0.39 is 18.0 Å². The van der Waals surface area contributed by atoms with Gasteiger partial charge in [0.1, 0.15) is 5.70 Å². The van der Waals surface area contributed by atoms with E-state index in [9.17, 15) is 19.8 Å². The van der Waals surface area contributed by atoms with Gasteiger partial charge in [-0.3, -0.25) is 9.79 Å². The lowest BCUT2D eigenvalue weighted by Crippen LogP contribution is -2.61. The molecule has 2 aliphatic rings. The average molecular weight is 317 g/mol. The Morgan fingerprint density at radius 2 is 2.33 bits per heavy atom. The molecular weight excluding hydrogens is 298 g/mol. The molecule has 2 aliphatic heterocycles. The highest BCUT2D eigenvalue weighted by atomic mass is 32.2. The molecule has 1 amide bonds. The number of aliphatic imine (C=N–C) groups is 1. The minimum atomic E-state index is -1.10. The van der Waals surface area contributed by atoms with E-state index in [1.807, 2.05) is 0 Å². The predicted octanol–water partition coefficient (Wildman–Crippen LogP) is -1.21. The van der Waals surface area contributed by atoms with Gasteiger partial charge in [0.15, 0.2) is 0 Å². The van der Waals surface area contributed by atoms with E-state index in [-0.39, 0.29) is 23.1 Å². The van der Waals surface area contributed by atoms with Gasteiger partial charge in [-0.1, -0.05) is 0 Å². The molecule has 0 aromatic rings. The Bertz CT molecular complexity index is 491. The number of carbonyl (C=O) groups is 2. The van der Waals surface area contributed by atoms with Crippen molar-refractivity contribution < 1.29 is 25.3 Å². The Labute approximate surface area is 126 Å². The van der Waals surface area contributed by atoms with Crippen molar-refractivity contribution in [2.75, 3.05) is 12.3 Å². The molecule has 1 saturated heterocycles. The smallest absolute Gasteiger partial charge is 0.353 e. The molecule has 9 heteroatoms. The van der Waals surface area contributed by atoms with Gasteiger partial charge >= 0.3 is 5.97 Å². The molecule has 21 heavy (non-hydrogen) atoms. The Morgan fingerprint density at radius 3 is 2.86 bits per heavy atom. The number of fused-ring (bicyclic) bond motifs is 1. The van der Waals surface area contributed by atoms with Crippen molar-refractivity contribution in [3.63, 3.8) is 0 Å². The van der Waals surface area contributed by atoms with E-state index in [0.29, 0.717) is 23.6 Å². The molecule has 1 unspecified atom stereocenters. The second-order valence-corrected chi connectivity index (χ2v) is 5.92. The summed E-state index contributed by atoms with van der Waals surface area (Å²) in [6, 6.07) is -0.228. The highest BCUT2D eigenvalue weighted by Crippen LogP contribution is 2.46. The van der Waals surface area contributed by atoms with Crippen LogP contribution in [0.1, 0.15) is 13.3 Å². The van der Waals surface area contributed by atoms with Gasteiger partial charge in [-0.15, -0.1) is 11.8 Å². The van der Waals surface area contributed by atoms with Crippen LogP contribution in [0.2, 0.25) is 0 Å². The van der Waals surface area contributed by atoms with Gasteiger partial charge in [0, 0.05) is 17.1 Å². The van der Waals surface area contributed by atoms with Crippen LogP contribution >= 0.6 is 11.8 Å². The number of thioether (sulfide) groups is 1. The number of carboxylic acid groups (broad SMARTS) is 1. The van der Waals surface area contributed by atoms with Crippen LogP contribution in [0.25, 0.3) is 0 Å². The number of carboxylic acids is 1. The second-order valence-electron chi connectivity index (χ2n) is 4.73. The fourth-order valence-electron chi connectivity index (χ4n) is 2.66. The number of aliphatic hydroxyl groups is 1. The van der Waals surface area contributed by atoms with Crippen LogP contribution in [0.3, 0.4) is 0 Å². The summed E-state index contributed by atoms with van der Waals surface area (Å²) in [5.41, 5.74) is 5.19. The molecule has 0 radical (unpaired) electrons. The van der Waals surface area contributed by atoms with Gasteiger partial charge in [0.25, 0.3) is 0 Å². The maximum absolute atomic E-state index is 11.9. The van der Waals surface area contributed by atoms with Crippen molar-refractivity contribution >= 4 is 30.0 Å². The van der Waals surface area contributed by atoms with Gasteiger partial charge in [0.2, 0.25) is 5.91 Å². The van der Waals surface area contributed by atoms with Crippen molar-refractivity contribution in [1.82, 2.24) is 4.90 Å². The van der Waals surface area contributed by atoms with Crippen molar-refractivity contribution in [3.8, 4) is 0 Å². The molecule has 0 aromatic heterocycles. The zero-order valence-electron chi connectivity index (χ0n) is 11.5. The van der Waals surface area contributed by atoms with Crippen LogP contribution in [0.5, 0.6) is 0 Å². The fourth-order valence-corrected chi connectivity index (χ4v) is 3.71. The summed E-state index contributed by atoms with van der Waals surface area (Å²) in [5, 5.41) is 18.9. The van der Waals surface area contributed by atoms with E-state index in [2.05, 4.69) is 4.99 Å². The third-order valence-electron chi connectivity index (χ3n) is 3.49. The molecule has 0 spiro atoms. The van der Waals surface area contributed by atoms with Crippen LogP contribution in [0.4, 0.5) is 0 Å². The fraction of sp³-hybridized carbons (Fsp3) is 0.583. The van der Waals surface area contributed by atoms with E-state index in [4.69, 9.17) is 5.73 Å². The zero-order valence-corrected chi connectivity index (χ0v) is 12.3. The van der Waals surface area contributed by atoms with Crippen LogP contribution in [-0.2, 0) is 9.59 Å². The molecule has 8 nitrogen and oxygen atoms in total. The molecule has 2 heterocycles. The number of hydrogen-bond donors (Lipinski definition) is 3. The lowest BCUT2D eigenvalue weighted by molar-refractivity contribution is -0.161. The standard InChI is InChI=1S/C12H17N3O4S.H2O/c1-6(16)9-7-4-8(20-3-2-14-5-13)10(12(18)19)15(7)11(9)17;/h5-7,9,16H,2-4H2,1H3,(H2,13,14)(H,18,19);1H2/t6-,7?,9-;/m1./s1. The molecular formula is C12H19N3O5S. The molecule has 2 rings (SSSR count). The Kier molecular flexibility index (Phi) is 5.76. The second kappa shape index (κ2) is 6.92. The molecule has 0 aliphatic carbocycles. The Balaban J connectivity index is 0.00000220. The SMILES string of the molecule is C[C@@H](O)[C@H]1C(=O)N2C(C(=O)O)=C(SCCN=CN)CC12.O. The summed E-state index contributed by atoms with van der Waals surface area (Å²) in [5.74, 6) is -1.30. The average Bonchev–Trinajstić information content (AvgIpc) is 2.69. The monoisotopic (exact) mass is 317 g/mol. The maximum atomic E-state index is 11.9. The summed E-state index contributed by atoms with van der Waals surface area (Å²) in [4.78, 5) is 29.1. The van der Waals surface area contributed by atoms with Crippen LogP contribution in [0.15, 0.2) is 15.6 Å². The van der Waals surface area contributed by atoms with Crippen LogP contribution in [0, 0.1) is 5.92 Å². The topological polar surface area (TPSA) is 148 Å². The van der Waals surface area contributed by atoms with Crippen LogP contribution < -0.4 is 5.73 Å². The maximum Gasteiger partial charge on any atom is 0.353 e. The predicted molar refractivity (Wildman–Crippen MR) is 78.7 cm³/mol. The Hall–Kier alpha value is -1.58. The van der Waals surface area contributed by atoms with E-state index >= 15 is 0 Å². The van der Waals surface area contributed by atoms with E-state index in [1.54, 1.807) is 6.92 Å². The lowest BCUT2D eigenvalue weighted by atomic mass is 9.83. The van der Waals surface area contributed by atoms with Gasteiger partial charge in [-0.25, -0.2) is 4.79 Å². The molecule has 118 valence electrons. The van der Waals surface area contributed by atoms with Crippen molar-refractivity contribution in [2.45, 2.75) is 25.5 Å². The largest absolute Gasteiger partial charge is 0.477 e. The number of aliphatic hydroxyl groups excluding tert-OH is 1. The number of β-lactam (4-membered cyclic amide) rings is 1. The van der Waals surface area contributed by atoms with Crippen molar-refractivity contribution in [1.29, 1.82) is 0 Å². The minimum Gasteiger partial charge on any atom is -0.477 e. The number of nitrogens with two attached hydrogens (primary N) is 1. The third kappa shape index (κ3) is 3.04. The zero-order chi connectivity index (χ0) is 14.9. The number of rotatable bonds is 6.